The third-order valence-electron chi connectivity index (χ3n) is 4.23. The Hall–Kier alpha value is -0.120. The van der Waals surface area contributed by atoms with Gasteiger partial charge >= 0.3 is 0 Å². The number of nitrogens with zero attached hydrogens (tertiary/aromatic N) is 1. The lowest BCUT2D eigenvalue weighted by Crippen LogP contribution is -2.44. The Balaban J connectivity index is 1.71. The van der Waals surface area contributed by atoms with Crippen LogP contribution in [0.25, 0.3) is 0 Å². The zero-order chi connectivity index (χ0) is 12.8. The van der Waals surface area contributed by atoms with Gasteiger partial charge in [-0.25, -0.2) is 0 Å². The molecule has 2 rings (SSSR count). The van der Waals surface area contributed by atoms with E-state index < -0.39 is 0 Å². The highest BCUT2D eigenvalue weighted by Crippen LogP contribution is 2.20. The van der Waals surface area contributed by atoms with Crippen molar-refractivity contribution in [1.82, 2.24) is 10.2 Å². The van der Waals surface area contributed by atoms with Gasteiger partial charge in [0.25, 0.3) is 0 Å². The quantitative estimate of drug-likeness (QED) is 0.720. The van der Waals surface area contributed by atoms with Crippen LogP contribution in [0.2, 0.25) is 0 Å². The molecule has 0 amide bonds. The highest BCUT2D eigenvalue weighted by atomic mass is 16.5. The molecule has 18 heavy (non-hydrogen) atoms. The highest BCUT2D eigenvalue weighted by Gasteiger charge is 2.24. The Labute approximate surface area is 112 Å². The van der Waals surface area contributed by atoms with Gasteiger partial charge in [-0.3, -0.25) is 4.90 Å². The molecule has 2 unspecified atom stereocenters. The molecule has 1 aliphatic heterocycles. The first-order valence-corrected chi connectivity index (χ1v) is 7.84. The number of hydrogen-bond acceptors (Lipinski definition) is 3. The van der Waals surface area contributed by atoms with Crippen LogP contribution >= 0.6 is 0 Å². The summed E-state index contributed by atoms with van der Waals surface area (Å²) in [5, 5.41) is 3.68. The molecule has 1 saturated carbocycles. The van der Waals surface area contributed by atoms with Gasteiger partial charge in [0.2, 0.25) is 0 Å². The van der Waals surface area contributed by atoms with Gasteiger partial charge in [-0.1, -0.05) is 13.3 Å². The molecule has 2 atom stereocenters. The molecule has 2 aliphatic rings. The van der Waals surface area contributed by atoms with Crippen LogP contribution in [0.4, 0.5) is 0 Å². The van der Waals surface area contributed by atoms with E-state index in [4.69, 9.17) is 4.74 Å². The number of likely N-dealkylation sites (N-methyl/N-ethyl adjacent to an activating group) is 1. The van der Waals surface area contributed by atoms with E-state index in [0.29, 0.717) is 12.1 Å². The second kappa shape index (κ2) is 7.46. The summed E-state index contributed by atoms with van der Waals surface area (Å²) in [5.74, 6) is 0. The minimum Gasteiger partial charge on any atom is -0.377 e. The Morgan fingerprint density at radius 1 is 1.28 bits per heavy atom. The number of ether oxygens (including phenoxy) is 1. The maximum atomic E-state index is 5.85. The second-order valence-corrected chi connectivity index (χ2v) is 6.05. The van der Waals surface area contributed by atoms with Crippen molar-refractivity contribution in [2.24, 2.45) is 0 Å². The Morgan fingerprint density at radius 2 is 2.11 bits per heavy atom. The molecule has 1 aliphatic carbocycles. The lowest BCUT2D eigenvalue weighted by atomic mass is 10.1. The van der Waals surface area contributed by atoms with Crippen LogP contribution < -0.4 is 5.32 Å². The zero-order valence-electron chi connectivity index (χ0n) is 12.2. The first kappa shape index (κ1) is 14.3. The normalized spacial score (nSPS) is 26.5. The van der Waals surface area contributed by atoms with E-state index in [1.807, 2.05) is 0 Å². The van der Waals surface area contributed by atoms with E-state index in [2.05, 4.69) is 24.2 Å². The van der Waals surface area contributed by atoms with E-state index >= 15 is 0 Å². The van der Waals surface area contributed by atoms with E-state index in [0.717, 1.165) is 25.7 Å². The molecule has 0 aromatic carbocycles. The van der Waals surface area contributed by atoms with Crippen molar-refractivity contribution in [1.29, 1.82) is 0 Å². The van der Waals surface area contributed by atoms with Crippen LogP contribution in [0.15, 0.2) is 0 Å². The topological polar surface area (TPSA) is 24.5 Å². The Bertz CT molecular complexity index is 225. The summed E-state index contributed by atoms with van der Waals surface area (Å²) in [5.41, 5.74) is 0. The minimum absolute atomic E-state index is 0.476. The van der Waals surface area contributed by atoms with Crippen molar-refractivity contribution in [3.05, 3.63) is 0 Å². The van der Waals surface area contributed by atoms with Crippen molar-refractivity contribution < 1.29 is 4.74 Å². The molecule has 1 N–H and O–H groups in total. The zero-order valence-corrected chi connectivity index (χ0v) is 12.2. The van der Waals surface area contributed by atoms with Crippen molar-refractivity contribution in [3.63, 3.8) is 0 Å². The summed E-state index contributed by atoms with van der Waals surface area (Å²) in [7, 11) is 2.27. The van der Waals surface area contributed by atoms with Crippen LogP contribution in [-0.4, -0.2) is 49.8 Å². The largest absolute Gasteiger partial charge is 0.377 e. The summed E-state index contributed by atoms with van der Waals surface area (Å²) in [6, 6.07) is 1.50. The van der Waals surface area contributed by atoms with Gasteiger partial charge in [0.05, 0.1) is 6.10 Å². The SMILES string of the molecule is CCCC(CNC1CC1)N(C)CC1CCCCO1. The molecule has 0 radical (unpaired) electrons. The van der Waals surface area contributed by atoms with Crippen molar-refractivity contribution in [2.75, 3.05) is 26.7 Å². The van der Waals surface area contributed by atoms with Gasteiger partial charge < -0.3 is 10.1 Å². The highest BCUT2D eigenvalue weighted by molar-refractivity contribution is 4.84. The average molecular weight is 254 g/mol. The van der Waals surface area contributed by atoms with E-state index in [1.165, 1.54) is 44.9 Å². The maximum Gasteiger partial charge on any atom is 0.0702 e. The van der Waals surface area contributed by atoms with Crippen molar-refractivity contribution >= 4 is 0 Å². The van der Waals surface area contributed by atoms with Crippen LogP contribution in [0, 0.1) is 0 Å². The molecule has 0 aromatic heterocycles. The molecular weight excluding hydrogens is 224 g/mol. The number of hydrogen-bond donors (Lipinski definition) is 1. The molecule has 0 spiro atoms. The van der Waals surface area contributed by atoms with Crippen LogP contribution in [0.5, 0.6) is 0 Å². The summed E-state index contributed by atoms with van der Waals surface area (Å²) in [4.78, 5) is 2.52. The number of rotatable bonds is 8. The first-order chi connectivity index (χ1) is 8.79. The average Bonchev–Trinajstić information content (AvgIpc) is 3.19. The predicted molar refractivity (Wildman–Crippen MR) is 75.9 cm³/mol. The van der Waals surface area contributed by atoms with Gasteiger partial charge in [-0.15, -0.1) is 0 Å². The van der Waals surface area contributed by atoms with Crippen LogP contribution in [0.3, 0.4) is 0 Å². The van der Waals surface area contributed by atoms with Gasteiger partial charge in [-0.2, -0.15) is 0 Å². The van der Waals surface area contributed by atoms with Crippen LogP contribution in [-0.2, 0) is 4.74 Å². The van der Waals surface area contributed by atoms with Crippen LogP contribution in [0.1, 0.15) is 51.9 Å². The van der Waals surface area contributed by atoms with E-state index in [9.17, 15) is 0 Å². The third kappa shape index (κ3) is 4.87. The molecule has 1 heterocycles. The fourth-order valence-electron chi connectivity index (χ4n) is 2.82. The van der Waals surface area contributed by atoms with Gasteiger partial charge in [0.15, 0.2) is 0 Å². The van der Waals surface area contributed by atoms with E-state index in [-0.39, 0.29) is 0 Å². The summed E-state index contributed by atoms with van der Waals surface area (Å²) >= 11 is 0. The molecule has 106 valence electrons. The summed E-state index contributed by atoms with van der Waals surface area (Å²) in [6.45, 7) is 5.52. The second-order valence-electron chi connectivity index (χ2n) is 6.05. The first-order valence-electron chi connectivity index (χ1n) is 7.84. The Kier molecular flexibility index (Phi) is 5.93. The summed E-state index contributed by atoms with van der Waals surface area (Å²) < 4.78 is 5.85. The van der Waals surface area contributed by atoms with Gasteiger partial charge in [0, 0.05) is 31.8 Å². The molecule has 0 aromatic rings. The molecule has 3 heteroatoms. The van der Waals surface area contributed by atoms with Crippen molar-refractivity contribution in [3.8, 4) is 0 Å². The van der Waals surface area contributed by atoms with Gasteiger partial charge in [0.1, 0.15) is 0 Å². The lowest BCUT2D eigenvalue weighted by Gasteiger charge is -2.33. The minimum atomic E-state index is 0.476. The molecule has 2 fully saturated rings. The maximum absolute atomic E-state index is 5.85. The fourth-order valence-corrected chi connectivity index (χ4v) is 2.82. The lowest BCUT2D eigenvalue weighted by molar-refractivity contribution is -0.00875. The third-order valence-corrected chi connectivity index (χ3v) is 4.23. The standard InChI is InChI=1S/C15H30N2O/c1-3-6-14(11-16-13-8-9-13)17(2)12-15-7-4-5-10-18-15/h13-16H,3-12H2,1-2H3. The predicted octanol–water partition coefficient (Wildman–Crippen LogP) is 2.41. The molecule has 1 saturated heterocycles. The van der Waals surface area contributed by atoms with Gasteiger partial charge in [-0.05, 0) is 45.6 Å². The Morgan fingerprint density at radius 3 is 2.72 bits per heavy atom. The smallest absolute Gasteiger partial charge is 0.0702 e. The molecule has 3 nitrogen and oxygen atoms in total. The summed E-state index contributed by atoms with van der Waals surface area (Å²) in [6.07, 6.45) is 9.65. The monoisotopic (exact) mass is 254 g/mol. The molecule has 0 bridgehead atoms. The fraction of sp³-hybridized carbons (Fsp3) is 1.00. The molecular formula is C15H30N2O. The number of nitrogens with one attached hydrogen (secondary N) is 1. The van der Waals surface area contributed by atoms with Crippen molar-refractivity contribution in [2.45, 2.75) is 70.1 Å². The van der Waals surface area contributed by atoms with E-state index in [1.54, 1.807) is 0 Å².